The Morgan fingerprint density at radius 1 is 1.00 bits per heavy atom. The quantitative estimate of drug-likeness (QED) is 0.367. The van der Waals surface area contributed by atoms with Gasteiger partial charge >= 0.3 is 0 Å². The predicted molar refractivity (Wildman–Crippen MR) is 73.1 cm³/mol. The van der Waals surface area contributed by atoms with Crippen molar-refractivity contribution in [2.45, 2.75) is 6.54 Å². The third-order valence-electron chi connectivity index (χ3n) is 2.37. The highest BCUT2D eigenvalue weighted by atomic mass is 79.9. The second kappa shape index (κ2) is 5.64. The van der Waals surface area contributed by atoms with Crippen molar-refractivity contribution in [3.05, 3.63) is 75.4 Å². The SMILES string of the molecule is [O-]/[N+](=C\c1ccccc1Br)Cc1ccccc1. The van der Waals surface area contributed by atoms with Crippen LogP contribution in [0.2, 0.25) is 0 Å². The van der Waals surface area contributed by atoms with Crippen LogP contribution in [0.25, 0.3) is 0 Å². The Kier molecular flexibility index (Phi) is 3.94. The molecule has 0 radical (unpaired) electrons. The number of nitrogens with zero attached hydrogens (tertiary/aromatic N) is 1. The summed E-state index contributed by atoms with van der Waals surface area (Å²) in [4.78, 5) is 0. The Hall–Kier alpha value is -1.61. The zero-order chi connectivity index (χ0) is 12.1. The molecule has 0 amide bonds. The van der Waals surface area contributed by atoms with Crippen molar-refractivity contribution in [1.29, 1.82) is 0 Å². The molecule has 0 saturated carbocycles. The number of benzene rings is 2. The molecular weight excluding hydrogens is 278 g/mol. The van der Waals surface area contributed by atoms with Gasteiger partial charge < -0.3 is 5.21 Å². The molecule has 0 spiro atoms. The molecule has 0 atom stereocenters. The Bertz CT molecular complexity index is 523. The Labute approximate surface area is 109 Å². The van der Waals surface area contributed by atoms with Crippen LogP contribution in [0.1, 0.15) is 11.1 Å². The van der Waals surface area contributed by atoms with Crippen molar-refractivity contribution in [3.63, 3.8) is 0 Å². The molecule has 0 bridgehead atoms. The van der Waals surface area contributed by atoms with Gasteiger partial charge in [-0.1, -0.05) is 42.5 Å². The molecule has 0 fully saturated rings. The Morgan fingerprint density at radius 3 is 2.35 bits per heavy atom. The van der Waals surface area contributed by atoms with Crippen LogP contribution >= 0.6 is 15.9 Å². The Balaban J connectivity index is 2.16. The van der Waals surface area contributed by atoms with Crippen LogP contribution in [0.5, 0.6) is 0 Å². The smallest absolute Gasteiger partial charge is 0.183 e. The van der Waals surface area contributed by atoms with Gasteiger partial charge in [0.25, 0.3) is 0 Å². The highest BCUT2D eigenvalue weighted by Crippen LogP contribution is 2.13. The van der Waals surface area contributed by atoms with Crippen LogP contribution < -0.4 is 0 Å². The third-order valence-corrected chi connectivity index (χ3v) is 3.09. The van der Waals surface area contributed by atoms with E-state index in [0.29, 0.717) is 6.54 Å². The molecule has 2 nitrogen and oxygen atoms in total. The predicted octanol–water partition coefficient (Wildman–Crippen LogP) is 3.58. The lowest BCUT2D eigenvalue weighted by Crippen LogP contribution is -2.05. The molecule has 2 rings (SSSR count). The zero-order valence-electron chi connectivity index (χ0n) is 9.21. The van der Waals surface area contributed by atoms with Gasteiger partial charge in [0.1, 0.15) is 0 Å². The van der Waals surface area contributed by atoms with E-state index in [1.54, 1.807) is 6.21 Å². The molecular formula is C14H12BrNO. The fourth-order valence-corrected chi connectivity index (χ4v) is 1.93. The normalized spacial score (nSPS) is 11.5. The summed E-state index contributed by atoms with van der Waals surface area (Å²) in [7, 11) is 0. The van der Waals surface area contributed by atoms with Crippen molar-refractivity contribution >= 4 is 22.1 Å². The van der Waals surface area contributed by atoms with Gasteiger partial charge in [-0.05, 0) is 28.1 Å². The van der Waals surface area contributed by atoms with E-state index in [9.17, 15) is 5.21 Å². The fourth-order valence-electron chi connectivity index (χ4n) is 1.54. The van der Waals surface area contributed by atoms with E-state index in [-0.39, 0.29) is 0 Å². The molecule has 0 saturated heterocycles. The standard InChI is InChI=1S/C14H12BrNO/c15-14-9-5-4-8-13(14)11-16(17)10-12-6-2-1-3-7-12/h1-9,11H,10H2/b16-11-. The topological polar surface area (TPSA) is 26.1 Å². The number of hydroxylamine groups is 1. The maximum Gasteiger partial charge on any atom is 0.183 e. The van der Waals surface area contributed by atoms with Crippen LogP contribution in [0, 0.1) is 5.21 Å². The molecule has 2 aromatic rings. The zero-order valence-corrected chi connectivity index (χ0v) is 10.8. The van der Waals surface area contributed by atoms with Crippen molar-refractivity contribution in [1.82, 2.24) is 0 Å². The molecule has 2 aromatic carbocycles. The molecule has 3 heteroatoms. The van der Waals surface area contributed by atoms with Gasteiger partial charge in [0.05, 0.1) is 5.56 Å². The first-order chi connectivity index (χ1) is 8.25. The van der Waals surface area contributed by atoms with Crippen LogP contribution in [0.15, 0.2) is 59.1 Å². The molecule has 17 heavy (non-hydrogen) atoms. The van der Waals surface area contributed by atoms with Gasteiger partial charge in [-0.3, -0.25) is 0 Å². The molecule has 0 aliphatic rings. The van der Waals surface area contributed by atoms with E-state index < -0.39 is 0 Å². The van der Waals surface area contributed by atoms with E-state index in [1.165, 1.54) is 0 Å². The van der Waals surface area contributed by atoms with E-state index in [0.717, 1.165) is 20.3 Å². The summed E-state index contributed by atoms with van der Waals surface area (Å²) < 4.78 is 1.86. The minimum atomic E-state index is 0.363. The minimum absolute atomic E-state index is 0.363. The molecule has 0 N–H and O–H groups in total. The van der Waals surface area contributed by atoms with Crippen molar-refractivity contribution in [2.24, 2.45) is 0 Å². The summed E-state index contributed by atoms with van der Waals surface area (Å²) in [5.74, 6) is 0. The van der Waals surface area contributed by atoms with E-state index in [1.807, 2.05) is 54.6 Å². The lowest BCUT2D eigenvalue weighted by Gasteiger charge is -2.04. The molecule has 0 heterocycles. The van der Waals surface area contributed by atoms with Gasteiger partial charge in [0.15, 0.2) is 12.8 Å². The van der Waals surface area contributed by atoms with Gasteiger partial charge in [0.2, 0.25) is 0 Å². The second-order valence-electron chi connectivity index (χ2n) is 3.71. The highest BCUT2D eigenvalue weighted by Gasteiger charge is 2.01. The molecule has 0 aromatic heterocycles. The highest BCUT2D eigenvalue weighted by molar-refractivity contribution is 9.10. The summed E-state index contributed by atoms with van der Waals surface area (Å²) in [5.41, 5.74) is 1.89. The van der Waals surface area contributed by atoms with Crippen LogP contribution in [0.4, 0.5) is 0 Å². The first kappa shape index (κ1) is 11.9. The fraction of sp³-hybridized carbons (Fsp3) is 0.0714. The largest absolute Gasteiger partial charge is 0.624 e. The van der Waals surface area contributed by atoms with E-state index in [2.05, 4.69) is 15.9 Å². The van der Waals surface area contributed by atoms with Crippen molar-refractivity contribution < 1.29 is 4.74 Å². The van der Waals surface area contributed by atoms with Crippen LogP contribution in [0.3, 0.4) is 0 Å². The minimum Gasteiger partial charge on any atom is -0.624 e. The maximum atomic E-state index is 11.8. The summed E-state index contributed by atoms with van der Waals surface area (Å²) >= 11 is 3.41. The van der Waals surface area contributed by atoms with Gasteiger partial charge in [0, 0.05) is 10.0 Å². The molecule has 0 aliphatic heterocycles. The van der Waals surface area contributed by atoms with E-state index >= 15 is 0 Å². The van der Waals surface area contributed by atoms with Crippen molar-refractivity contribution in [2.75, 3.05) is 0 Å². The average Bonchev–Trinajstić information content (AvgIpc) is 2.33. The first-order valence-electron chi connectivity index (χ1n) is 5.33. The number of halogens is 1. The summed E-state index contributed by atoms with van der Waals surface area (Å²) in [6.07, 6.45) is 1.59. The monoisotopic (exact) mass is 289 g/mol. The van der Waals surface area contributed by atoms with Crippen LogP contribution in [-0.2, 0) is 6.54 Å². The summed E-state index contributed by atoms with van der Waals surface area (Å²) in [5, 5.41) is 11.8. The lowest BCUT2D eigenvalue weighted by atomic mass is 10.2. The first-order valence-corrected chi connectivity index (χ1v) is 6.12. The van der Waals surface area contributed by atoms with Gasteiger partial charge in [-0.15, -0.1) is 0 Å². The number of hydrogen-bond acceptors (Lipinski definition) is 1. The third kappa shape index (κ3) is 3.43. The lowest BCUT2D eigenvalue weighted by molar-refractivity contribution is -0.469. The van der Waals surface area contributed by atoms with Gasteiger partial charge in [-0.2, -0.15) is 0 Å². The summed E-state index contributed by atoms with van der Waals surface area (Å²) in [6.45, 7) is 0.363. The van der Waals surface area contributed by atoms with Gasteiger partial charge in [-0.25, -0.2) is 4.74 Å². The molecule has 0 aliphatic carbocycles. The van der Waals surface area contributed by atoms with E-state index in [4.69, 9.17) is 0 Å². The maximum absolute atomic E-state index is 11.8. The Morgan fingerprint density at radius 2 is 1.65 bits per heavy atom. The average molecular weight is 290 g/mol. The van der Waals surface area contributed by atoms with Crippen molar-refractivity contribution in [3.8, 4) is 0 Å². The second-order valence-corrected chi connectivity index (χ2v) is 4.57. The van der Waals surface area contributed by atoms with Crippen LogP contribution in [-0.4, -0.2) is 11.0 Å². The molecule has 0 unspecified atom stereocenters. The molecule has 86 valence electrons. The number of rotatable bonds is 3. The summed E-state index contributed by atoms with van der Waals surface area (Å²) in [6, 6.07) is 17.3. The number of hydrogen-bond donors (Lipinski definition) is 0.